The fourth-order valence-corrected chi connectivity index (χ4v) is 3.17. The Kier molecular flexibility index (Phi) is 5.03. The van der Waals surface area contributed by atoms with Crippen molar-refractivity contribution in [2.45, 2.75) is 32.7 Å². The smallest absolute Gasteiger partial charge is 0.252 e. The van der Waals surface area contributed by atoms with Gasteiger partial charge < -0.3 is 16.0 Å². The molecule has 7 heteroatoms. The second-order valence-corrected chi connectivity index (χ2v) is 6.54. The minimum atomic E-state index is -0.479. The molecule has 1 saturated heterocycles. The molecule has 2 aromatic rings. The van der Waals surface area contributed by atoms with Crippen LogP contribution in [0.25, 0.3) is 0 Å². The number of nitrogens with one attached hydrogen (secondary N) is 1. The highest BCUT2D eigenvalue weighted by Gasteiger charge is 2.23. The van der Waals surface area contributed by atoms with Crippen molar-refractivity contribution in [3.05, 3.63) is 46.8 Å². The van der Waals surface area contributed by atoms with Crippen LogP contribution in [-0.2, 0) is 0 Å². The topological polar surface area (TPSA) is 108 Å². The summed E-state index contributed by atoms with van der Waals surface area (Å²) >= 11 is 0. The van der Waals surface area contributed by atoms with Crippen molar-refractivity contribution in [1.82, 2.24) is 9.97 Å². The van der Waals surface area contributed by atoms with Gasteiger partial charge in [0.25, 0.3) is 5.91 Å². The van der Waals surface area contributed by atoms with E-state index in [1.807, 2.05) is 13.8 Å². The van der Waals surface area contributed by atoms with Crippen LogP contribution < -0.4 is 16.0 Å². The summed E-state index contributed by atoms with van der Waals surface area (Å²) in [6.07, 6.45) is 3.42. The largest absolute Gasteiger partial charge is 0.367 e. The van der Waals surface area contributed by atoms with Gasteiger partial charge in [-0.3, -0.25) is 4.79 Å². The molecule has 0 aromatic carbocycles. The van der Waals surface area contributed by atoms with Crippen LogP contribution in [0.3, 0.4) is 0 Å². The van der Waals surface area contributed by atoms with Gasteiger partial charge in [0.15, 0.2) is 0 Å². The van der Waals surface area contributed by atoms with Gasteiger partial charge in [0.2, 0.25) is 0 Å². The van der Waals surface area contributed by atoms with E-state index in [0.29, 0.717) is 16.9 Å². The molecule has 0 unspecified atom stereocenters. The van der Waals surface area contributed by atoms with Crippen LogP contribution >= 0.6 is 0 Å². The van der Waals surface area contributed by atoms with Crippen molar-refractivity contribution >= 4 is 17.5 Å². The number of rotatable bonds is 4. The molecule has 0 bridgehead atoms. The summed E-state index contributed by atoms with van der Waals surface area (Å²) in [6, 6.07) is 7.72. The van der Waals surface area contributed by atoms with Crippen molar-refractivity contribution in [2.24, 2.45) is 5.73 Å². The third-order valence-electron chi connectivity index (χ3n) is 4.77. The first-order chi connectivity index (χ1) is 12.5. The second kappa shape index (κ2) is 7.40. The molecule has 2 aromatic heterocycles. The molecular formula is C19H22N6O. The van der Waals surface area contributed by atoms with Gasteiger partial charge in [0.05, 0.1) is 11.1 Å². The Morgan fingerprint density at radius 2 is 2.12 bits per heavy atom. The number of hydrogen-bond donors (Lipinski definition) is 2. The highest BCUT2D eigenvalue weighted by molar-refractivity contribution is 5.97. The zero-order valence-electron chi connectivity index (χ0n) is 15.0. The minimum Gasteiger partial charge on any atom is -0.367 e. The van der Waals surface area contributed by atoms with Crippen molar-refractivity contribution in [2.75, 3.05) is 23.3 Å². The summed E-state index contributed by atoms with van der Waals surface area (Å²) < 4.78 is 0. The fraction of sp³-hybridized carbons (Fsp3) is 0.368. The first-order valence-corrected chi connectivity index (χ1v) is 8.64. The summed E-state index contributed by atoms with van der Waals surface area (Å²) in [5.41, 5.74) is 8.33. The van der Waals surface area contributed by atoms with E-state index in [1.54, 1.807) is 24.4 Å². The van der Waals surface area contributed by atoms with Gasteiger partial charge >= 0.3 is 0 Å². The van der Waals surface area contributed by atoms with Crippen LogP contribution in [0.2, 0.25) is 0 Å². The Hall–Kier alpha value is -3.14. The van der Waals surface area contributed by atoms with E-state index in [9.17, 15) is 10.1 Å². The molecule has 0 aliphatic carbocycles. The molecule has 0 spiro atoms. The number of anilines is 2. The van der Waals surface area contributed by atoms with Gasteiger partial charge in [0.1, 0.15) is 17.7 Å². The number of pyridine rings is 2. The summed E-state index contributed by atoms with van der Waals surface area (Å²) in [4.78, 5) is 22.7. The van der Waals surface area contributed by atoms with E-state index in [0.717, 1.165) is 43.0 Å². The van der Waals surface area contributed by atoms with Crippen LogP contribution in [-0.4, -0.2) is 35.0 Å². The van der Waals surface area contributed by atoms with E-state index in [-0.39, 0.29) is 6.04 Å². The maximum Gasteiger partial charge on any atom is 0.252 e. The Balaban J connectivity index is 1.71. The molecule has 3 heterocycles. The number of carbonyl (C=O) groups is 1. The molecule has 3 N–H and O–H groups in total. The third-order valence-corrected chi connectivity index (χ3v) is 4.77. The molecular weight excluding hydrogens is 328 g/mol. The number of nitrogens with two attached hydrogens (primary N) is 1. The number of primary amides is 1. The Labute approximate surface area is 152 Å². The van der Waals surface area contributed by atoms with Gasteiger partial charge in [-0.15, -0.1) is 0 Å². The second-order valence-electron chi connectivity index (χ2n) is 6.54. The number of aryl methyl sites for hydroxylation is 2. The number of amides is 1. The van der Waals surface area contributed by atoms with Crippen LogP contribution in [0, 0.1) is 25.2 Å². The first kappa shape index (κ1) is 17.7. The first-order valence-electron chi connectivity index (χ1n) is 8.64. The van der Waals surface area contributed by atoms with Gasteiger partial charge in [-0.2, -0.15) is 5.26 Å². The number of piperidine rings is 1. The molecule has 26 heavy (non-hydrogen) atoms. The molecule has 1 aliphatic rings. The van der Waals surface area contributed by atoms with E-state index in [1.165, 1.54) is 0 Å². The highest BCUT2D eigenvalue weighted by Crippen LogP contribution is 2.24. The molecule has 1 aliphatic heterocycles. The molecule has 0 radical (unpaired) electrons. The molecule has 0 atom stereocenters. The SMILES string of the molecule is Cc1cc(C(N)=O)c(NC2CCN(c3ncccc3C#N)CC2)nc1C. The van der Waals surface area contributed by atoms with Crippen LogP contribution in [0.4, 0.5) is 11.6 Å². The lowest BCUT2D eigenvalue weighted by Crippen LogP contribution is -2.40. The standard InChI is InChI=1S/C19H22N6O/c1-12-10-16(17(21)26)18(23-13(12)2)24-15-5-8-25(9-6-15)19-14(11-20)4-3-7-22-19/h3-4,7,10,15H,5-6,8-9H2,1-2H3,(H2,21,26)(H,23,24). The minimum absolute atomic E-state index is 0.188. The molecule has 134 valence electrons. The van der Waals surface area contributed by atoms with Crippen molar-refractivity contribution in [3.63, 3.8) is 0 Å². The highest BCUT2D eigenvalue weighted by atomic mass is 16.1. The van der Waals surface area contributed by atoms with E-state index < -0.39 is 5.91 Å². The number of nitriles is 1. The fourth-order valence-electron chi connectivity index (χ4n) is 3.17. The normalized spacial score (nSPS) is 14.7. The number of hydrogen-bond acceptors (Lipinski definition) is 6. The van der Waals surface area contributed by atoms with Crippen LogP contribution in [0.15, 0.2) is 24.4 Å². The lowest BCUT2D eigenvalue weighted by molar-refractivity contribution is 0.100. The van der Waals surface area contributed by atoms with E-state index >= 15 is 0 Å². The van der Waals surface area contributed by atoms with Crippen LogP contribution in [0.1, 0.15) is 40.0 Å². The zero-order chi connectivity index (χ0) is 18.7. The van der Waals surface area contributed by atoms with E-state index in [4.69, 9.17) is 5.73 Å². The Morgan fingerprint density at radius 3 is 2.77 bits per heavy atom. The average Bonchev–Trinajstić information content (AvgIpc) is 2.65. The molecule has 0 saturated carbocycles. The maximum atomic E-state index is 11.7. The molecule has 1 amide bonds. The van der Waals surface area contributed by atoms with Crippen molar-refractivity contribution in [1.29, 1.82) is 5.26 Å². The summed E-state index contributed by atoms with van der Waals surface area (Å²) in [5.74, 6) is 0.804. The molecule has 3 rings (SSSR count). The Morgan fingerprint density at radius 1 is 1.38 bits per heavy atom. The lowest BCUT2D eigenvalue weighted by Gasteiger charge is -2.34. The quantitative estimate of drug-likeness (QED) is 0.875. The monoisotopic (exact) mass is 350 g/mol. The van der Waals surface area contributed by atoms with Gasteiger partial charge in [0, 0.05) is 31.0 Å². The number of aromatic nitrogens is 2. The van der Waals surface area contributed by atoms with E-state index in [2.05, 4.69) is 26.3 Å². The van der Waals surface area contributed by atoms with Gasteiger partial charge in [-0.1, -0.05) is 0 Å². The lowest BCUT2D eigenvalue weighted by atomic mass is 10.0. The average molecular weight is 350 g/mol. The predicted octanol–water partition coefficient (Wildman–Crippen LogP) is 2.14. The summed E-state index contributed by atoms with van der Waals surface area (Å²) in [5, 5.41) is 12.6. The zero-order valence-corrected chi connectivity index (χ0v) is 15.0. The molecule has 7 nitrogen and oxygen atoms in total. The maximum absolute atomic E-state index is 11.7. The summed E-state index contributed by atoms with van der Waals surface area (Å²) in [6.45, 7) is 5.38. The van der Waals surface area contributed by atoms with Gasteiger partial charge in [-0.05, 0) is 50.5 Å². The predicted molar refractivity (Wildman–Crippen MR) is 100 cm³/mol. The van der Waals surface area contributed by atoms with Crippen LogP contribution in [0.5, 0.6) is 0 Å². The van der Waals surface area contributed by atoms with Gasteiger partial charge in [-0.25, -0.2) is 9.97 Å². The van der Waals surface area contributed by atoms with Crippen molar-refractivity contribution < 1.29 is 4.79 Å². The number of nitrogens with zero attached hydrogens (tertiary/aromatic N) is 4. The van der Waals surface area contributed by atoms with Crippen molar-refractivity contribution in [3.8, 4) is 6.07 Å². The molecule has 1 fully saturated rings. The number of carbonyl (C=O) groups excluding carboxylic acids is 1. The third kappa shape index (κ3) is 3.59. The Bertz CT molecular complexity index is 865. The summed E-state index contributed by atoms with van der Waals surface area (Å²) in [7, 11) is 0.